The zero-order valence-electron chi connectivity index (χ0n) is 17.4. The van der Waals surface area contributed by atoms with Gasteiger partial charge in [0.2, 0.25) is 5.91 Å². The van der Waals surface area contributed by atoms with E-state index in [0.29, 0.717) is 32.5 Å². The molecule has 166 valence electrons. The van der Waals surface area contributed by atoms with Crippen LogP contribution in [0.15, 0.2) is 42.5 Å². The van der Waals surface area contributed by atoms with Crippen LogP contribution in [0.3, 0.4) is 0 Å². The number of amides is 1. The lowest BCUT2D eigenvalue weighted by Crippen LogP contribution is -2.43. The summed E-state index contributed by atoms with van der Waals surface area (Å²) in [6.45, 7) is 0.903. The monoisotopic (exact) mass is 432 g/mol. The van der Waals surface area contributed by atoms with Crippen LogP contribution in [0.1, 0.15) is 30.4 Å². The number of hydrogen-bond acceptors (Lipinski definition) is 3. The first-order valence-electron chi connectivity index (χ1n) is 10.8. The van der Waals surface area contributed by atoms with Crippen molar-refractivity contribution in [2.24, 2.45) is 5.92 Å². The highest BCUT2D eigenvalue weighted by atomic mass is 19.4. The summed E-state index contributed by atoms with van der Waals surface area (Å²) in [7, 11) is 0. The second-order valence-corrected chi connectivity index (χ2v) is 8.35. The molecule has 4 nitrogen and oxygen atoms in total. The van der Waals surface area contributed by atoms with Crippen LogP contribution >= 0.6 is 0 Å². The summed E-state index contributed by atoms with van der Waals surface area (Å²) in [6.07, 6.45) is -1.20. The summed E-state index contributed by atoms with van der Waals surface area (Å²) >= 11 is 0. The highest BCUT2D eigenvalue weighted by molar-refractivity contribution is 5.78. The molecule has 1 N–H and O–H groups in total. The minimum absolute atomic E-state index is 0.0783. The van der Waals surface area contributed by atoms with E-state index in [1.165, 1.54) is 10.5 Å². The molecule has 0 spiro atoms. The number of hydrogen-bond donors (Lipinski definition) is 1. The van der Waals surface area contributed by atoms with Crippen molar-refractivity contribution in [3.05, 3.63) is 53.6 Å². The summed E-state index contributed by atoms with van der Waals surface area (Å²) in [6, 6.07) is 14.3. The van der Waals surface area contributed by atoms with E-state index < -0.39 is 12.7 Å². The number of carbonyl (C=O) groups is 1. The standard InChI is InChI=1S/C24H27F3N2O2/c25-24(26,27)16-29-11-9-19(10-12-29)23(30)28-15-17-3-5-18(6-4-17)20-7-8-22-21(14-20)2-1-13-31-22/h3-8,14,19H,1-2,9-13,15-16H2,(H,28,30). The number of ether oxygens (including phenoxy) is 1. The topological polar surface area (TPSA) is 41.6 Å². The van der Waals surface area contributed by atoms with Crippen molar-refractivity contribution in [2.75, 3.05) is 26.2 Å². The van der Waals surface area contributed by atoms with Crippen molar-refractivity contribution in [3.63, 3.8) is 0 Å². The molecule has 0 saturated carbocycles. The molecule has 0 radical (unpaired) electrons. The number of rotatable bonds is 5. The third-order valence-electron chi connectivity index (χ3n) is 6.02. The SMILES string of the molecule is O=C(NCc1ccc(-c2ccc3c(c2)CCCO3)cc1)C1CCN(CC(F)(F)F)CC1. The number of benzene rings is 2. The van der Waals surface area contributed by atoms with Gasteiger partial charge in [-0.3, -0.25) is 9.69 Å². The summed E-state index contributed by atoms with van der Waals surface area (Å²) in [5.41, 5.74) is 4.49. The summed E-state index contributed by atoms with van der Waals surface area (Å²) in [4.78, 5) is 13.8. The fourth-order valence-electron chi connectivity index (χ4n) is 4.30. The molecule has 0 unspecified atom stereocenters. The Balaban J connectivity index is 1.27. The third-order valence-corrected chi connectivity index (χ3v) is 6.02. The first-order chi connectivity index (χ1) is 14.9. The molecule has 4 rings (SSSR count). The Morgan fingerprint density at radius 3 is 2.48 bits per heavy atom. The number of aryl methyl sites for hydroxylation is 1. The molecular formula is C24H27F3N2O2. The van der Waals surface area contributed by atoms with Crippen molar-refractivity contribution in [1.29, 1.82) is 0 Å². The zero-order valence-corrected chi connectivity index (χ0v) is 17.4. The van der Waals surface area contributed by atoms with Crippen molar-refractivity contribution in [3.8, 4) is 16.9 Å². The number of fused-ring (bicyclic) bond motifs is 1. The van der Waals surface area contributed by atoms with Crippen LogP contribution in [0.2, 0.25) is 0 Å². The van der Waals surface area contributed by atoms with Crippen LogP contribution in [-0.2, 0) is 17.8 Å². The van der Waals surface area contributed by atoms with Crippen LogP contribution in [0.25, 0.3) is 11.1 Å². The first kappa shape index (κ1) is 21.7. The van der Waals surface area contributed by atoms with Gasteiger partial charge in [-0.25, -0.2) is 0 Å². The minimum Gasteiger partial charge on any atom is -0.493 e. The van der Waals surface area contributed by atoms with Gasteiger partial charge in [-0.05, 0) is 73.2 Å². The maximum Gasteiger partial charge on any atom is 0.401 e. The quantitative estimate of drug-likeness (QED) is 0.753. The molecule has 1 saturated heterocycles. The van der Waals surface area contributed by atoms with Crippen molar-refractivity contribution in [2.45, 2.75) is 38.4 Å². The number of alkyl halides is 3. The van der Waals surface area contributed by atoms with Gasteiger partial charge in [0.05, 0.1) is 13.2 Å². The van der Waals surface area contributed by atoms with Crippen molar-refractivity contribution >= 4 is 5.91 Å². The van der Waals surface area contributed by atoms with Crippen LogP contribution in [-0.4, -0.2) is 43.2 Å². The van der Waals surface area contributed by atoms with Crippen LogP contribution in [0, 0.1) is 5.92 Å². The van der Waals surface area contributed by atoms with Gasteiger partial charge in [-0.15, -0.1) is 0 Å². The molecule has 0 atom stereocenters. The summed E-state index contributed by atoms with van der Waals surface area (Å²) in [5.74, 6) is 0.672. The Hall–Kier alpha value is -2.54. The van der Waals surface area contributed by atoms with E-state index in [1.54, 1.807) is 0 Å². The second kappa shape index (κ2) is 9.30. The van der Waals surface area contributed by atoms with Gasteiger partial charge in [0.25, 0.3) is 0 Å². The highest BCUT2D eigenvalue weighted by Crippen LogP contribution is 2.30. The molecule has 2 aliphatic rings. The van der Waals surface area contributed by atoms with Crippen molar-refractivity contribution < 1.29 is 22.7 Å². The van der Waals surface area contributed by atoms with Gasteiger partial charge >= 0.3 is 6.18 Å². The molecule has 7 heteroatoms. The zero-order chi connectivity index (χ0) is 21.8. The number of carbonyl (C=O) groups excluding carboxylic acids is 1. The van der Waals surface area contributed by atoms with Gasteiger partial charge in [0.1, 0.15) is 5.75 Å². The lowest BCUT2D eigenvalue weighted by atomic mass is 9.95. The van der Waals surface area contributed by atoms with E-state index in [1.807, 2.05) is 30.3 Å². The van der Waals surface area contributed by atoms with Crippen LogP contribution in [0.5, 0.6) is 5.75 Å². The van der Waals surface area contributed by atoms with Crippen LogP contribution in [0.4, 0.5) is 13.2 Å². The van der Waals surface area contributed by atoms with E-state index in [-0.39, 0.29) is 11.8 Å². The average molecular weight is 432 g/mol. The highest BCUT2D eigenvalue weighted by Gasteiger charge is 2.33. The van der Waals surface area contributed by atoms with Gasteiger partial charge in [-0.2, -0.15) is 13.2 Å². The van der Waals surface area contributed by atoms with E-state index >= 15 is 0 Å². The van der Waals surface area contributed by atoms with E-state index in [2.05, 4.69) is 17.4 Å². The lowest BCUT2D eigenvalue weighted by Gasteiger charge is -2.31. The average Bonchev–Trinajstić information content (AvgIpc) is 2.77. The maximum absolute atomic E-state index is 12.5. The maximum atomic E-state index is 12.5. The minimum atomic E-state index is -4.19. The van der Waals surface area contributed by atoms with Gasteiger partial charge < -0.3 is 10.1 Å². The van der Waals surface area contributed by atoms with Gasteiger partial charge in [-0.1, -0.05) is 30.3 Å². The number of nitrogens with zero attached hydrogens (tertiary/aromatic N) is 1. The van der Waals surface area contributed by atoms with Gasteiger partial charge in [0, 0.05) is 12.5 Å². The molecule has 2 aromatic rings. The Labute approximate surface area is 180 Å². The van der Waals surface area contributed by atoms with Crippen molar-refractivity contribution in [1.82, 2.24) is 10.2 Å². The Morgan fingerprint density at radius 1 is 1.06 bits per heavy atom. The Bertz CT molecular complexity index is 904. The normalized spacial score (nSPS) is 17.6. The number of likely N-dealkylation sites (tertiary alicyclic amines) is 1. The fourth-order valence-corrected chi connectivity index (χ4v) is 4.30. The van der Waals surface area contributed by atoms with E-state index in [4.69, 9.17) is 4.74 Å². The Kier molecular flexibility index (Phi) is 6.51. The van der Waals surface area contributed by atoms with E-state index in [0.717, 1.165) is 41.9 Å². The second-order valence-electron chi connectivity index (χ2n) is 8.35. The lowest BCUT2D eigenvalue weighted by molar-refractivity contribution is -0.149. The number of piperidine rings is 1. The van der Waals surface area contributed by atoms with Gasteiger partial charge in [0.15, 0.2) is 0 Å². The molecule has 0 aliphatic carbocycles. The fraction of sp³-hybridized carbons (Fsp3) is 0.458. The van der Waals surface area contributed by atoms with Crippen LogP contribution < -0.4 is 10.1 Å². The third kappa shape index (κ3) is 5.79. The molecule has 0 aromatic heterocycles. The smallest absolute Gasteiger partial charge is 0.401 e. The molecule has 1 amide bonds. The summed E-state index contributed by atoms with van der Waals surface area (Å²) in [5, 5.41) is 2.94. The predicted molar refractivity (Wildman–Crippen MR) is 113 cm³/mol. The van der Waals surface area contributed by atoms with E-state index in [9.17, 15) is 18.0 Å². The molecule has 2 aromatic carbocycles. The molecule has 2 heterocycles. The summed E-state index contributed by atoms with van der Waals surface area (Å²) < 4.78 is 43.1. The largest absolute Gasteiger partial charge is 0.493 e. The molecule has 0 bridgehead atoms. The Morgan fingerprint density at radius 2 is 1.77 bits per heavy atom. The molecule has 2 aliphatic heterocycles. The molecule has 1 fully saturated rings. The predicted octanol–water partition coefficient (Wildman–Crippen LogP) is 4.57. The molecular weight excluding hydrogens is 405 g/mol. The number of halogens is 3. The first-order valence-corrected chi connectivity index (χ1v) is 10.8. The number of nitrogens with one attached hydrogen (secondary N) is 1. The molecule has 31 heavy (non-hydrogen) atoms.